The molecule has 1 aromatic heterocycles. The van der Waals surface area contributed by atoms with E-state index in [9.17, 15) is 14.4 Å². The van der Waals surface area contributed by atoms with Crippen LogP contribution in [0.2, 0.25) is 10.0 Å². The second kappa shape index (κ2) is 19.7. The summed E-state index contributed by atoms with van der Waals surface area (Å²) in [5.41, 5.74) is 4.19. The first-order chi connectivity index (χ1) is 28.6. The van der Waals surface area contributed by atoms with E-state index in [1.807, 2.05) is 43.3 Å². The van der Waals surface area contributed by atoms with Crippen molar-refractivity contribution in [1.29, 1.82) is 0 Å². The number of esters is 1. The predicted molar refractivity (Wildman–Crippen MR) is 221 cm³/mol. The van der Waals surface area contributed by atoms with E-state index in [0.29, 0.717) is 72.4 Å². The SMILES string of the molecule is COCCCc1cc(CN(C(=O)[C@H]2CNCC[C@@H]2c2ccc(OCCOc3c(Cl)cc(C)cc3Cl)cc2)C2CC2)cc(OC[C@@H]2C[C@H]2C(=O)OCc2oc(=O)oc2C)c1. The Labute approximate surface area is 354 Å². The van der Waals surface area contributed by atoms with Gasteiger partial charge in [0, 0.05) is 38.8 Å². The Morgan fingerprint density at radius 2 is 1.61 bits per heavy atom. The van der Waals surface area contributed by atoms with Crippen LogP contribution in [-0.2, 0) is 38.6 Å². The van der Waals surface area contributed by atoms with Crippen LogP contribution in [0.4, 0.5) is 0 Å². The first-order valence-electron chi connectivity index (χ1n) is 20.4. The van der Waals surface area contributed by atoms with Crippen LogP contribution >= 0.6 is 23.2 Å². The van der Waals surface area contributed by atoms with Gasteiger partial charge < -0.3 is 42.7 Å². The van der Waals surface area contributed by atoms with Crippen molar-refractivity contribution in [3.63, 3.8) is 0 Å². The molecule has 0 bridgehead atoms. The highest BCUT2D eigenvalue weighted by Gasteiger charge is 2.45. The maximum atomic E-state index is 14.6. The van der Waals surface area contributed by atoms with Gasteiger partial charge in [-0.2, -0.15) is 0 Å². The number of amides is 1. The highest BCUT2D eigenvalue weighted by Crippen LogP contribution is 2.41. The Hall–Kier alpha value is -4.49. The maximum absolute atomic E-state index is 14.6. The third-order valence-electron chi connectivity index (χ3n) is 11.2. The molecule has 14 heteroatoms. The Morgan fingerprint density at radius 3 is 2.32 bits per heavy atom. The number of benzene rings is 3. The number of aryl methyl sites for hydroxylation is 3. The molecule has 0 radical (unpaired) electrons. The third kappa shape index (κ3) is 11.4. The lowest BCUT2D eigenvalue weighted by Gasteiger charge is -2.36. The van der Waals surface area contributed by atoms with E-state index in [-0.39, 0.29) is 60.6 Å². The van der Waals surface area contributed by atoms with Gasteiger partial charge in [-0.25, -0.2) is 4.79 Å². The summed E-state index contributed by atoms with van der Waals surface area (Å²) >= 11 is 12.6. The molecular weight excluding hydrogens is 799 g/mol. The van der Waals surface area contributed by atoms with E-state index >= 15 is 0 Å². The number of carbonyl (C=O) groups excluding carboxylic acids is 2. The lowest BCUT2D eigenvalue weighted by molar-refractivity contribution is -0.147. The monoisotopic (exact) mass is 850 g/mol. The van der Waals surface area contributed by atoms with Crippen LogP contribution < -0.4 is 25.3 Å². The van der Waals surface area contributed by atoms with Crippen molar-refractivity contribution >= 4 is 35.1 Å². The molecule has 0 unspecified atom stereocenters. The fourth-order valence-corrected chi connectivity index (χ4v) is 8.49. The van der Waals surface area contributed by atoms with Gasteiger partial charge in [0.15, 0.2) is 23.9 Å². The van der Waals surface area contributed by atoms with Crippen LogP contribution in [0.15, 0.2) is 68.2 Å². The zero-order valence-electron chi connectivity index (χ0n) is 33.8. The summed E-state index contributed by atoms with van der Waals surface area (Å²) in [7, 11) is 1.70. The largest absolute Gasteiger partial charge is 0.519 e. The first-order valence-corrected chi connectivity index (χ1v) is 21.1. The van der Waals surface area contributed by atoms with Crippen molar-refractivity contribution in [1.82, 2.24) is 10.2 Å². The molecule has 4 aromatic rings. The minimum atomic E-state index is -0.820. The average molecular weight is 852 g/mol. The average Bonchev–Trinajstić information content (AvgIpc) is 4.16. The summed E-state index contributed by atoms with van der Waals surface area (Å²) in [5, 5.41) is 4.42. The molecule has 12 nitrogen and oxygen atoms in total. The Kier molecular flexibility index (Phi) is 14.2. The molecule has 2 heterocycles. The van der Waals surface area contributed by atoms with Crippen LogP contribution in [0.3, 0.4) is 0 Å². The molecule has 1 saturated heterocycles. The maximum Gasteiger partial charge on any atom is 0.519 e. The molecule has 3 fully saturated rings. The summed E-state index contributed by atoms with van der Waals surface area (Å²) in [6, 6.07) is 18.1. The molecule has 3 aromatic carbocycles. The summed E-state index contributed by atoms with van der Waals surface area (Å²) in [4.78, 5) is 40.7. The summed E-state index contributed by atoms with van der Waals surface area (Å²) < 4.78 is 38.6. The second-order valence-electron chi connectivity index (χ2n) is 15.8. The van der Waals surface area contributed by atoms with Crippen molar-refractivity contribution in [2.24, 2.45) is 17.8 Å². The first kappa shape index (κ1) is 42.6. The van der Waals surface area contributed by atoms with Crippen molar-refractivity contribution in [3.05, 3.63) is 109 Å². The molecule has 7 rings (SSSR count). The van der Waals surface area contributed by atoms with E-state index in [0.717, 1.165) is 60.9 Å². The minimum Gasteiger partial charge on any atom is -0.493 e. The molecule has 316 valence electrons. The van der Waals surface area contributed by atoms with E-state index in [4.69, 9.17) is 55.7 Å². The number of ether oxygens (including phenoxy) is 5. The number of carbonyl (C=O) groups is 2. The van der Waals surface area contributed by atoms with Gasteiger partial charge in [0.1, 0.15) is 24.7 Å². The topological polar surface area (TPSA) is 139 Å². The predicted octanol–water partition coefficient (Wildman–Crippen LogP) is 7.84. The van der Waals surface area contributed by atoms with E-state index < -0.39 is 5.82 Å². The van der Waals surface area contributed by atoms with Gasteiger partial charge in [0.05, 0.1) is 28.5 Å². The van der Waals surface area contributed by atoms with Crippen molar-refractivity contribution in [3.8, 4) is 17.2 Å². The zero-order chi connectivity index (χ0) is 41.5. The highest BCUT2D eigenvalue weighted by molar-refractivity contribution is 6.37. The summed E-state index contributed by atoms with van der Waals surface area (Å²) in [6.45, 7) is 6.88. The number of methoxy groups -OCH3 is 1. The highest BCUT2D eigenvalue weighted by atomic mass is 35.5. The Morgan fingerprint density at radius 1 is 0.864 bits per heavy atom. The van der Waals surface area contributed by atoms with Crippen molar-refractivity contribution in [2.75, 3.05) is 46.6 Å². The number of rotatable bonds is 20. The Bertz CT molecular complexity index is 2110. The standard InChI is InChI=1S/C45H52Cl2N2O10/c1-27-17-39(46)42(40(47)18-27)55-16-15-54-34-10-6-31(7-11-34)36-12-13-48-23-38(36)43(50)49(33-8-9-33)24-30-19-29(5-4-14-53-3)20-35(21-30)56-25-32-22-37(32)44(51)57-26-41-28(2)58-45(52)59-41/h6-7,10-11,17-21,32-33,36-38,48H,4-5,8-9,12-16,22-26H2,1-3H3/t32-,36+,37+,38-/m0/s1. The number of hydrogen-bond donors (Lipinski definition) is 1. The second-order valence-corrected chi connectivity index (χ2v) is 16.6. The van der Waals surface area contributed by atoms with Gasteiger partial charge in [-0.05, 0) is 123 Å². The molecule has 0 spiro atoms. The van der Waals surface area contributed by atoms with Crippen LogP contribution in [0.5, 0.6) is 17.2 Å². The van der Waals surface area contributed by atoms with Gasteiger partial charge in [-0.1, -0.05) is 41.4 Å². The van der Waals surface area contributed by atoms with Crippen LogP contribution in [-0.4, -0.2) is 69.4 Å². The number of hydrogen-bond acceptors (Lipinski definition) is 11. The van der Waals surface area contributed by atoms with E-state index in [1.54, 1.807) is 14.0 Å². The molecule has 1 aliphatic heterocycles. The third-order valence-corrected chi connectivity index (χ3v) is 11.7. The number of piperidine rings is 1. The molecule has 1 N–H and O–H groups in total. The quantitative estimate of drug-likeness (QED) is 0.0688. The number of halogens is 2. The molecular formula is C45H52Cl2N2O10. The van der Waals surface area contributed by atoms with Gasteiger partial charge in [0.2, 0.25) is 5.91 Å². The molecule has 2 aliphatic carbocycles. The molecule has 1 amide bonds. The van der Waals surface area contributed by atoms with E-state index in [2.05, 4.69) is 28.4 Å². The smallest absolute Gasteiger partial charge is 0.493 e. The van der Waals surface area contributed by atoms with E-state index in [1.165, 1.54) is 0 Å². The van der Waals surface area contributed by atoms with Crippen LogP contribution in [0, 0.1) is 31.6 Å². The summed E-state index contributed by atoms with van der Waals surface area (Å²) in [5.74, 6) is 0.936. The molecule has 2 saturated carbocycles. The number of nitrogens with one attached hydrogen (secondary N) is 1. The fourth-order valence-electron chi connectivity index (χ4n) is 7.78. The fraction of sp³-hybridized carbons (Fsp3) is 0.489. The minimum absolute atomic E-state index is 0.0128. The zero-order valence-corrected chi connectivity index (χ0v) is 35.3. The molecule has 59 heavy (non-hydrogen) atoms. The Balaban J connectivity index is 0.965. The molecule has 3 aliphatic rings. The van der Waals surface area contributed by atoms with Gasteiger partial charge in [-0.15, -0.1) is 0 Å². The lowest BCUT2D eigenvalue weighted by Crippen LogP contribution is -2.47. The van der Waals surface area contributed by atoms with Crippen molar-refractivity contribution < 1.29 is 42.1 Å². The van der Waals surface area contributed by atoms with Crippen LogP contribution in [0.25, 0.3) is 0 Å². The van der Waals surface area contributed by atoms with Gasteiger partial charge >= 0.3 is 11.8 Å². The normalized spacial score (nSPS) is 19.9. The lowest BCUT2D eigenvalue weighted by atomic mass is 9.80. The summed E-state index contributed by atoms with van der Waals surface area (Å²) in [6.07, 6.45) is 5.12. The van der Waals surface area contributed by atoms with Gasteiger partial charge in [-0.3, -0.25) is 9.59 Å². The van der Waals surface area contributed by atoms with Gasteiger partial charge in [0.25, 0.3) is 0 Å². The molecule has 4 atom stereocenters. The van der Waals surface area contributed by atoms with Crippen LogP contribution in [0.1, 0.15) is 71.8 Å². The van der Waals surface area contributed by atoms with Crippen molar-refractivity contribution in [2.45, 2.75) is 77.5 Å². The number of nitrogens with zero attached hydrogens (tertiary/aromatic N) is 1.